The zero-order valence-corrected chi connectivity index (χ0v) is 12.7. The van der Waals surface area contributed by atoms with Crippen molar-refractivity contribution in [1.82, 2.24) is 0 Å². The number of benzene rings is 2. The van der Waals surface area contributed by atoms with Gasteiger partial charge >= 0.3 is 0 Å². The molecule has 0 saturated heterocycles. The zero-order valence-electron chi connectivity index (χ0n) is 12.7. The number of anilines is 1. The van der Waals surface area contributed by atoms with E-state index >= 15 is 0 Å². The molecule has 1 N–H and O–H groups in total. The molecule has 2 rings (SSSR count). The van der Waals surface area contributed by atoms with E-state index in [4.69, 9.17) is 4.74 Å². The third-order valence-electron chi connectivity index (χ3n) is 3.61. The molecule has 0 aliphatic heterocycles. The van der Waals surface area contributed by atoms with Crippen molar-refractivity contribution >= 4 is 5.69 Å². The van der Waals surface area contributed by atoms with Crippen molar-refractivity contribution in [2.75, 3.05) is 11.9 Å². The second kappa shape index (κ2) is 6.47. The molecule has 0 heterocycles. The lowest BCUT2D eigenvalue weighted by molar-refractivity contribution is 0.233. The van der Waals surface area contributed by atoms with Crippen molar-refractivity contribution in [3.05, 3.63) is 59.2 Å². The molecule has 0 bridgehead atoms. The highest BCUT2D eigenvalue weighted by molar-refractivity contribution is 5.53. The van der Waals surface area contributed by atoms with E-state index in [1.807, 2.05) is 18.2 Å². The van der Waals surface area contributed by atoms with Crippen LogP contribution < -0.4 is 10.1 Å². The quantitative estimate of drug-likeness (QED) is 0.863. The lowest BCUT2D eigenvalue weighted by Crippen LogP contribution is -2.23. The average Bonchev–Trinajstić information content (AvgIpc) is 2.43. The Morgan fingerprint density at radius 3 is 2.40 bits per heavy atom. The van der Waals surface area contributed by atoms with E-state index in [0.29, 0.717) is 0 Å². The summed E-state index contributed by atoms with van der Waals surface area (Å²) in [5.74, 6) is 0.961. The Bertz CT molecular complexity index is 577. The van der Waals surface area contributed by atoms with Crippen LogP contribution in [0.4, 0.5) is 5.69 Å². The summed E-state index contributed by atoms with van der Waals surface area (Å²) in [6.07, 6.45) is 0.121. The van der Waals surface area contributed by atoms with E-state index in [-0.39, 0.29) is 6.10 Å². The van der Waals surface area contributed by atoms with E-state index in [0.717, 1.165) is 12.3 Å². The number of hydrogen-bond acceptors (Lipinski definition) is 2. The van der Waals surface area contributed by atoms with Crippen molar-refractivity contribution in [2.24, 2.45) is 0 Å². The first-order valence-corrected chi connectivity index (χ1v) is 7.10. The Morgan fingerprint density at radius 1 is 0.950 bits per heavy atom. The molecule has 106 valence electrons. The van der Waals surface area contributed by atoms with Crippen LogP contribution >= 0.6 is 0 Å². The van der Waals surface area contributed by atoms with Gasteiger partial charge in [0.25, 0.3) is 0 Å². The Balaban J connectivity index is 1.94. The predicted molar refractivity (Wildman–Crippen MR) is 85.7 cm³/mol. The molecule has 0 aliphatic carbocycles. The van der Waals surface area contributed by atoms with Crippen LogP contribution in [0, 0.1) is 20.8 Å². The van der Waals surface area contributed by atoms with Crippen LogP contribution in [-0.2, 0) is 0 Å². The summed E-state index contributed by atoms with van der Waals surface area (Å²) < 4.78 is 5.97. The van der Waals surface area contributed by atoms with Gasteiger partial charge in [0.15, 0.2) is 0 Å². The SMILES string of the molecule is Cc1ccccc1OC(C)CNc1cccc(C)c1C. The minimum absolute atomic E-state index is 0.121. The molecule has 2 nitrogen and oxygen atoms in total. The van der Waals surface area contributed by atoms with Crippen LogP contribution in [-0.4, -0.2) is 12.6 Å². The molecule has 2 aromatic carbocycles. The van der Waals surface area contributed by atoms with Crippen LogP contribution in [0.15, 0.2) is 42.5 Å². The smallest absolute Gasteiger partial charge is 0.122 e. The van der Waals surface area contributed by atoms with Gasteiger partial charge in [-0.05, 0) is 56.5 Å². The summed E-state index contributed by atoms with van der Waals surface area (Å²) in [6.45, 7) is 9.22. The summed E-state index contributed by atoms with van der Waals surface area (Å²) in [5.41, 5.74) is 4.97. The molecular weight excluding hydrogens is 246 g/mol. The van der Waals surface area contributed by atoms with Gasteiger partial charge in [0.1, 0.15) is 11.9 Å². The molecule has 0 fully saturated rings. The number of rotatable bonds is 5. The summed E-state index contributed by atoms with van der Waals surface area (Å²) in [4.78, 5) is 0. The molecular formula is C18H23NO. The van der Waals surface area contributed by atoms with Crippen molar-refractivity contribution in [3.63, 3.8) is 0 Å². The Labute approximate surface area is 121 Å². The minimum atomic E-state index is 0.121. The molecule has 20 heavy (non-hydrogen) atoms. The Morgan fingerprint density at radius 2 is 1.65 bits per heavy atom. The van der Waals surface area contributed by atoms with Crippen LogP contribution in [0.3, 0.4) is 0 Å². The molecule has 2 aromatic rings. The molecule has 0 saturated carbocycles. The van der Waals surface area contributed by atoms with E-state index in [1.54, 1.807) is 0 Å². The Hall–Kier alpha value is -1.96. The highest BCUT2D eigenvalue weighted by Gasteiger charge is 2.07. The van der Waals surface area contributed by atoms with Crippen molar-refractivity contribution in [1.29, 1.82) is 0 Å². The summed E-state index contributed by atoms with van der Waals surface area (Å²) >= 11 is 0. The number of aryl methyl sites for hydroxylation is 2. The van der Waals surface area contributed by atoms with Crippen LogP contribution in [0.1, 0.15) is 23.6 Å². The molecule has 2 heteroatoms. The van der Waals surface area contributed by atoms with Gasteiger partial charge in [0.05, 0.1) is 6.54 Å². The maximum absolute atomic E-state index is 5.97. The lowest BCUT2D eigenvalue weighted by Gasteiger charge is -2.18. The predicted octanol–water partition coefficient (Wildman–Crippen LogP) is 4.49. The van der Waals surface area contributed by atoms with Gasteiger partial charge in [-0.1, -0.05) is 30.3 Å². The van der Waals surface area contributed by atoms with Gasteiger partial charge in [-0.25, -0.2) is 0 Å². The fourth-order valence-electron chi connectivity index (χ4n) is 2.14. The molecule has 1 unspecified atom stereocenters. The number of hydrogen-bond donors (Lipinski definition) is 1. The fraction of sp³-hybridized carbons (Fsp3) is 0.333. The minimum Gasteiger partial charge on any atom is -0.489 e. The van der Waals surface area contributed by atoms with Crippen LogP contribution in [0.25, 0.3) is 0 Å². The van der Waals surface area contributed by atoms with Crippen molar-refractivity contribution < 1.29 is 4.74 Å². The molecule has 0 amide bonds. The third kappa shape index (κ3) is 3.53. The van der Waals surface area contributed by atoms with E-state index in [2.05, 4.69) is 57.3 Å². The van der Waals surface area contributed by atoms with Gasteiger partial charge in [-0.15, -0.1) is 0 Å². The molecule has 0 aromatic heterocycles. The average molecular weight is 269 g/mol. The second-order valence-corrected chi connectivity index (χ2v) is 5.32. The van der Waals surface area contributed by atoms with E-state index in [9.17, 15) is 0 Å². The molecule has 1 atom stereocenters. The van der Waals surface area contributed by atoms with Gasteiger partial charge in [0.2, 0.25) is 0 Å². The number of para-hydroxylation sites is 1. The first-order chi connectivity index (χ1) is 9.58. The first kappa shape index (κ1) is 14.4. The van der Waals surface area contributed by atoms with Gasteiger partial charge in [-0.2, -0.15) is 0 Å². The van der Waals surface area contributed by atoms with E-state index in [1.165, 1.54) is 22.4 Å². The fourth-order valence-corrected chi connectivity index (χ4v) is 2.14. The lowest BCUT2D eigenvalue weighted by atomic mass is 10.1. The standard InChI is InChI=1S/C18H23NO/c1-13-9-7-10-17(16(13)4)19-12-15(3)20-18-11-6-5-8-14(18)2/h5-11,15,19H,12H2,1-4H3. The van der Waals surface area contributed by atoms with E-state index < -0.39 is 0 Å². The Kier molecular flexibility index (Phi) is 4.67. The maximum atomic E-state index is 5.97. The van der Waals surface area contributed by atoms with Crippen LogP contribution in [0.5, 0.6) is 5.75 Å². The molecule has 0 radical (unpaired) electrons. The van der Waals surface area contributed by atoms with Gasteiger partial charge < -0.3 is 10.1 Å². The molecule has 0 spiro atoms. The topological polar surface area (TPSA) is 21.3 Å². The van der Waals surface area contributed by atoms with Crippen LogP contribution in [0.2, 0.25) is 0 Å². The summed E-state index contributed by atoms with van der Waals surface area (Å²) in [5, 5.41) is 3.47. The van der Waals surface area contributed by atoms with Gasteiger partial charge in [-0.3, -0.25) is 0 Å². The summed E-state index contributed by atoms with van der Waals surface area (Å²) in [7, 11) is 0. The van der Waals surface area contributed by atoms with Gasteiger partial charge in [0, 0.05) is 5.69 Å². The van der Waals surface area contributed by atoms with Crippen molar-refractivity contribution in [3.8, 4) is 5.75 Å². The maximum Gasteiger partial charge on any atom is 0.122 e. The number of ether oxygens (including phenoxy) is 1. The second-order valence-electron chi connectivity index (χ2n) is 5.32. The monoisotopic (exact) mass is 269 g/mol. The van der Waals surface area contributed by atoms with Crippen molar-refractivity contribution in [2.45, 2.75) is 33.8 Å². The molecule has 0 aliphatic rings. The highest BCUT2D eigenvalue weighted by Crippen LogP contribution is 2.20. The first-order valence-electron chi connectivity index (χ1n) is 7.10. The summed E-state index contributed by atoms with van der Waals surface area (Å²) in [6, 6.07) is 14.5. The normalized spacial score (nSPS) is 12.0. The highest BCUT2D eigenvalue weighted by atomic mass is 16.5. The third-order valence-corrected chi connectivity index (χ3v) is 3.61. The number of nitrogens with one attached hydrogen (secondary N) is 1. The zero-order chi connectivity index (χ0) is 14.5. The largest absolute Gasteiger partial charge is 0.489 e.